The van der Waals surface area contributed by atoms with Gasteiger partial charge in [-0.05, 0) is 6.42 Å². The van der Waals surface area contributed by atoms with E-state index in [-0.39, 0.29) is 17.1 Å². The first-order valence-electron chi connectivity index (χ1n) is 5.19. The topological polar surface area (TPSA) is 81.3 Å². The molecule has 0 aromatic rings. The Balaban J connectivity index is 1.95. The molecule has 2 fully saturated rings. The highest BCUT2D eigenvalue weighted by atomic mass is 32.2. The van der Waals surface area contributed by atoms with Gasteiger partial charge >= 0.3 is 0 Å². The van der Waals surface area contributed by atoms with Gasteiger partial charge in [0.25, 0.3) is 5.91 Å². The second kappa shape index (κ2) is 4.10. The van der Waals surface area contributed by atoms with Crippen LogP contribution in [0.15, 0.2) is 12.7 Å². The molecular weight excluding hydrogens is 228 g/mol. The van der Waals surface area contributed by atoms with Crippen LogP contribution in [-0.4, -0.2) is 27.7 Å². The van der Waals surface area contributed by atoms with Crippen molar-refractivity contribution in [2.24, 2.45) is 5.92 Å². The number of hydrogen-bond donors (Lipinski definition) is 2. The average molecular weight is 242 g/mol. The van der Waals surface area contributed by atoms with Crippen molar-refractivity contribution >= 4 is 23.7 Å². The van der Waals surface area contributed by atoms with Crippen molar-refractivity contribution in [1.29, 1.82) is 0 Å². The first kappa shape index (κ1) is 11.5. The van der Waals surface area contributed by atoms with E-state index in [2.05, 4.69) is 16.6 Å². The van der Waals surface area contributed by atoms with E-state index in [1.807, 2.05) is 0 Å². The van der Waals surface area contributed by atoms with Gasteiger partial charge in [0, 0.05) is 18.8 Å². The third-order valence-electron chi connectivity index (χ3n) is 3.04. The van der Waals surface area contributed by atoms with Gasteiger partial charge in [0.05, 0.1) is 11.4 Å². The molecule has 5 nitrogen and oxygen atoms in total. The summed E-state index contributed by atoms with van der Waals surface area (Å²) in [4.78, 5) is 22.3. The molecule has 0 saturated heterocycles. The lowest BCUT2D eigenvalue weighted by molar-refractivity contribution is -0.125. The van der Waals surface area contributed by atoms with E-state index in [0.717, 1.165) is 12.8 Å². The van der Waals surface area contributed by atoms with Crippen LogP contribution in [0.1, 0.15) is 19.3 Å². The minimum atomic E-state index is -1.31. The zero-order valence-corrected chi connectivity index (χ0v) is 9.59. The van der Waals surface area contributed by atoms with Crippen molar-refractivity contribution in [2.45, 2.75) is 30.1 Å². The van der Waals surface area contributed by atoms with Crippen LogP contribution in [0.4, 0.5) is 0 Å². The highest BCUT2D eigenvalue weighted by Crippen LogP contribution is 2.44. The smallest absolute Gasteiger partial charge is 0.287 e. The molecule has 3 atom stereocenters. The fourth-order valence-corrected chi connectivity index (χ4v) is 2.81. The van der Waals surface area contributed by atoms with Gasteiger partial charge in [0.1, 0.15) is 10.8 Å². The Labute approximate surface area is 97.0 Å². The van der Waals surface area contributed by atoms with Gasteiger partial charge in [-0.3, -0.25) is 9.59 Å². The van der Waals surface area contributed by atoms with Gasteiger partial charge in [-0.25, -0.2) is 0 Å². The predicted molar refractivity (Wildman–Crippen MR) is 59.5 cm³/mol. The van der Waals surface area contributed by atoms with E-state index in [9.17, 15) is 14.1 Å². The highest BCUT2D eigenvalue weighted by Gasteiger charge is 2.60. The quantitative estimate of drug-likeness (QED) is 0.378. The molecule has 2 rings (SSSR count). The van der Waals surface area contributed by atoms with Crippen molar-refractivity contribution in [1.82, 2.24) is 10.0 Å². The van der Waals surface area contributed by atoms with Crippen LogP contribution in [0, 0.1) is 5.92 Å². The number of rotatable bonds is 6. The van der Waals surface area contributed by atoms with Gasteiger partial charge in [-0.15, -0.1) is 6.58 Å². The molecule has 1 unspecified atom stereocenters. The minimum absolute atomic E-state index is 0.0612. The Bertz CT molecular complexity index is 332. The zero-order chi connectivity index (χ0) is 11.8. The van der Waals surface area contributed by atoms with Gasteiger partial charge in [0.15, 0.2) is 0 Å². The molecule has 88 valence electrons. The average Bonchev–Trinajstić information content (AvgIpc) is 3.13. The molecule has 0 aromatic carbocycles. The monoisotopic (exact) mass is 242 g/mol. The van der Waals surface area contributed by atoms with Crippen LogP contribution >= 0.6 is 0 Å². The molecule has 2 saturated carbocycles. The van der Waals surface area contributed by atoms with Crippen LogP contribution in [-0.2, 0) is 21.0 Å². The number of hydrogen-bond acceptors (Lipinski definition) is 3. The lowest BCUT2D eigenvalue weighted by Crippen LogP contribution is -2.50. The Morgan fingerprint density at radius 1 is 1.56 bits per heavy atom. The molecule has 0 heterocycles. The Morgan fingerprint density at radius 2 is 2.25 bits per heavy atom. The summed E-state index contributed by atoms with van der Waals surface area (Å²) in [6.07, 6.45) is 4.46. The van der Waals surface area contributed by atoms with Crippen LogP contribution in [0.2, 0.25) is 0 Å². The normalized spacial score (nSPS) is 33.7. The standard InChI is InChI=1S/C10H14N2O3S/c1-2-7-5-10(7,11-6-13)9(14)12-16(15)8-3-4-8/h2,6-8H,1,3-5H2,(H,11,13)(H,12,14)/t7-,10-,16?/m1/s1. The number of carbonyl (C=O) groups excluding carboxylic acids is 2. The van der Waals surface area contributed by atoms with E-state index < -0.39 is 16.9 Å². The third-order valence-corrected chi connectivity index (χ3v) is 4.50. The summed E-state index contributed by atoms with van der Waals surface area (Å²) in [5.41, 5.74) is -0.909. The third kappa shape index (κ3) is 1.94. The second-order valence-corrected chi connectivity index (χ2v) is 5.67. The van der Waals surface area contributed by atoms with E-state index in [1.54, 1.807) is 6.08 Å². The van der Waals surface area contributed by atoms with Crippen LogP contribution < -0.4 is 10.0 Å². The maximum Gasteiger partial charge on any atom is 0.287 e. The molecule has 0 aliphatic heterocycles. The maximum absolute atomic E-state index is 11.9. The molecule has 2 aliphatic carbocycles. The summed E-state index contributed by atoms with van der Waals surface area (Å²) >= 11 is -1.31. The lowest BCUT2D eigenvalue weighted by Gasteiger charge is -2.16. The van der Waals surface area contributed by atoms with Crippen molar-refractivity contribution in [2.75, 3.05) is 0 Å². The summed E-state index contributed by atoms with van der Waals surface area (Å²) in [5.74, 6) is -0.427. The van der Waals surface area contributed by atoms with Gasteiger partial charge in [-0.2, -0.15) is 4.72 Å². The van der Waals surface area contributed by atoms with Crippen LogP contribution in [0.5, 0.6) is 0 Å². The van der Waals surface area contributed by atoms with Gasteiger partial charge in [0.2, 0.25) is 6.41 Å². The van der Waals surface area contributed by atoms with Crippen LogP contribution in [0.3, 0.4) is 0 Å². The summed E-state index contributed by atoms with van der Waals surface area (Å²) in [6, 6.07) is 0. The minimum Gasteiger partial charge on any atom is -0.593 e. The maximum atomic E-state index is 11.9. The number of nitrogens with one attached hydrogen (secondary N) is 2. The van der Waals surface area contributed by atoms with Crippen molar-refractivity contribution in [3.8, 4) is 0 Å². The molecule has 6 heteroatoms. The summed E-state index contributed by atoms with van der Waals surface area (Å²) < 4.78 is 14.0. The molecule has 2 amide bonds. The number of carbonyl (C=O) groups is 2. The van der Waals surface area contributed by atoms with E-state index in [0.29, 0.717) is 12.8 Å². The van der Waals surface area contributed by atoms with Gasteiger partial charge < -0.3 is 9.87 Å². The molecule has 2 N–H and O–H groups in total. The predicted octanol–water partition coefficient (Wildman–Crippen LogP) is -0.381. The SMILES string of the molecule is C=C[C@@H]1C[C@]1(NC=O)C(=O)N[S+]([O-])C1CC1. The fourth-order valence-electron chi connectivity index (χ4n) is 1.72. The summed E-state index contributed by atoms with van der Waals surface area (Å²) in [6.45, 7) is 3.60. The van der Waals surface area contributed by atoms with Crippen LogP contribution in [0.25, 0.3) is 0 Å². The van der Waals surface area contributed by atoms with E-state index in [1.165, 1.54) is 0 Å². The lowest BCUT2D eigenvalue weighted by atomic mass is 10.2. The van der Waals surface area contributed by atoms with Crippen molar-refractivity contribution < 1.29 is 14.1 Å². The molecule has 0 bridgehead atoms. The molecular formula is C10H14N2O3S. The summed E-state index contributed by atoms with van der Waals surface area (Å²) in [5, 5.41) is 2.60. The summed E-state index contributed by atoms with van der Waals surface area (Å²) in [7, 11) is 0. The van der Waals surface area contributed by atoms with Gasteiger partial charge in [-0.1, -0.05) is 6.08 Å². The Kier molecular flexibility index (Phi) is 2.94. The highest BCUT2D eigenvalue weighted by molar-refractivity contribution is 7.90. The number of amides is 2. The van der Waals surface area contributed by atoms with E-state index in [4.69, 9.17) is 0 Å². The van der Waals surface area contributed by atoms with E-state index >= 15 is 0 Å². The first-order valence-corrected chi connectivity index (χ1v) is 6.41. The molecule has 0 spiro atoms. The Hall–Kier alpha value is -1.01. The molecule has 2 aliphatic rings. The second-order valence-electron chi connectivity index (χ2n) is 4.21. The largest absolute Gasteiger partial charge is 0.593 e. The Morgan fingerprint density at radius 3 is 2.69 bits per heavy atom. The van der Waals surface area contributed by atoms with Crippen molar-refractivity contribution in [3.63, 3.8) is 0 Å². The van der Waals surface area contributed by atoms with Crippen molar-refractivity contribution in [3.05, 3.63) is 12.7 Å². The molecule has 16 heavy (non-hydrogen) atoms. The first-order chi connectivity index (χ1) is 7.64. The zero-order valence-electron chi connectivity index (χ0n) is 8.77. The fraction of sp³-hybridized carbons (Fsp3) is 0.600. The molecule has 0 aromatic heterocycles. The molecule has 0 radical (unpaired) electrons.